The van der Waals surface area contributed by atoms with Gasteiger partial charge < -0.3 is 0 Å². The van der Waals surface area contributed by atoms with Crippen LogP contribution in [0.2, 0.25) is 0 Å². The quantitative estimate of drug-likeness (QED) is 0.736. The summed E-state index contributed by atoms with van der Waals surface area (Å²) in [4.78, 5) is 15.5. The van der Waals surface area contributed by atoms with Gasteiger partial charge in [0.05, 0.1) is 0 Å². The van der Waals surface area contributed by atoms with Crippen molar-refractivity contribution in [1.29, 1.82) is 0 Å². The maximum atomic E-state index is 11.4. The van der Waals surface area contributed by atoms with E-state index >= 15 is 0 Å². The van der Waals surface area contributed by atoms with E-state index < -0.39 is 0 Å². The van der Waals surface area contributed by atoms with Crippen LogP contribution in [-0.4, -0.2) is 10.8 Å². The summed E-state index contributed by atoms with van der Waals surface area (Å²) >= 11 is 0. The first-order valence-electron chi connectivity index (χ1n) is 5.46. The van der Waals surface area contributed by atoms with Gasteiger partial charge in [-0.05, 0) is 43.4 Å². The van der Waals surface area contributed by atoms with Crippen LogP contribution in [0.3, 0.4) is 0 Å². The molecule has 0 aliphatic heterocycles. The molecule has 0 aromatic carbocycles. The zero-order chi connectivity index (χ0) is 10.5. The molecule has 0 radical (unpaired) electrons. The molecule has 2 heteroatoms. The van der Waals surface area contributed by atoms with E-state index in [2.05, 4.69) is 11.1 Å². The van der Waals surface area contributed by atoms with Gasteiger partial charge in [-0.25, -0.2) is 0 Å². The second-order valence-corrected chi connectivity index (χ2v) is 4.01. The molecule has 1 aromatic heterocycles. The average molecular weight is 201 g/mol. The number of rotatable bonds is 2. The number of carbonyl (C=O) groups excluding carboxylic acids is 1. The molecule has 15 heavy (non-hydrogen) atoms. The molecule has 1 aliphatic rings. The predicted octanol–water partition coefficient (Wildman–Crippen LogP) is 2.69. The summed E-state index contributed by atoms with van der Waals surface area (Å²) in [7, 11) is 0. The Labute approximate surface area is 90.0 Å². The summed E-state index contributed by atoms with van der Waals surface area (Å²) in [5.74, 6) is 0.284. The lowest BCUT2D eigenvalue weighted by Gasteiger charge is -2.03. The molecule has 1 heterocycles. The van der Waals surface area contributed by atoms with E-state index in [4.69, 9.17) is 0 Å². The highest BCUT2D eigenvalue weighted by Crippen LogP contribution is 2.18. The van der Waals surface area contributed by atoms with Crippen molar-refractivity contribution in [2.75, 3.05) is 0 Å². The molecule has 1 aliphatic carbocycles. The third-order valence-corrected chi connectivity index (χ3v) is 2.69. The van der Waals surface area contributed by atoms with Crippen molar-refractivity contribution in [2.24, 2.45) is 0 Å². The molecule has 2 nitrogen and oxygen atoms in total. The Kier molecular flexibility index (Phi) is 3.28. The minimum absolute atomic E-state index is 0.284. The lowest BCUT2D eigenvalue weighted by atomic mass is 10.0. The minimum Gasteiger partial charge on any atom is -0.295 e. The highest BCUT2D eigenvalue weighted by Gasteiger charge is 2.08. The van der Waals surface area contributed by atoms with E-state index in [-0.39, 0.29) is 5.78 Å². The molecule has 0 fully saturated rings. The van der Waals surface area contributed by atoms with Crippen LogP contribution >= 0.6 is 0 Å². The molecule has 78 valence electrons. The molecule has 0 N–H and O–H groups in total. The van der Waals surface area contributed by atoms with Gasteiger partial charge in [0.15, 0.2) is 5.78 Å². The van der Waals surface area contributed by atoms with Crippen LogP contribution in [0.1, 0.15) is 31.2 Å². The van der Waals surface area contributed by atoms with Gasteiger partial charge in [-0.15, -0.1) is 0 Å². The van der Waals surface area contributed by atoms with Crippen LogP contribution in [0.15, 0.2) is 36.2 Å². The van der Waals surface area contributed by atoms with Gasteiger partial charge in [-0.2, -0.15) is 0 Å². The van der Waals surface area contributed by atoms with Gasteiger partial charge >= 0.3 is 0 Å². The van der Waals surface area contributed by atoms with Gasteiger partial charge in [0.2, 0.25) is 0 Å². The van der Waals surface area contributed by atoms with E-state index in [1.54, 1.807) is 6.20 Å². The second kappa shape index (κ2) is 4.87. The van der Waals surface area contributed by atoms with Crippen molar-refractivity contribution in [1.82, 2.24) is 4.98 Å². The summed E-state index contributed by atoms with van der Waals surface area (Å²) in [5, 5.41) is 0. The van der Waals surface area contributed by atoms with Crippen molar-refractivity contribution in [2.45, 2.75) is 32.1 Å². The fraction of sp³-hybridized carbons (Fsp3) is 0.385. The number of allylic oxidation sites excluding steroid dienone is 2. The van der Waals surface area contributed by atoms with Crippen LogP contribution in [0, 0.1) is 0 Å². The molecule has 2 rings (SSSR count). The molecule has 0 unspecified atom stereocenters. The highest BCUT2D eigenvalue weighted by molar-refractivity contribution is 5.90. The van der Waals surface area contributed by atoms with E-state index in [9.17, 15) is 4.79 Å². The first kappa shape index (κ1) is 10.1. The number of hydrogen-bond acceptors (Lipinski definition) is 2. The van der Waals surface area contributed by atoms with Crippen molar-refractivity contribution in [3.8, 4) is 0 Å². The molecule has 0 bridgehead atoms. The number of hydrogen-bond donors (Lipinski definition) is 0. The standard InChI is InChI=1S/C13H15NO/c15-13-6-2-1-4-11(9-13)8-12-5-3-7-14-10-12/h3,5,7,9-10H,1-2,4,6,8H2. The van der Waals surface area contributed by atoms with E-state index in [1.807, 2.05) is 18.3 Å². The summed E-state index contributed by atoms with van der Waals surface area (Å²) in [6.45, 7) is 0. The topological polar surface area (TPSA) is 30.0 Å². The van der Waals surface area contributed by atoms with Crippen LogP contribution < -0.4 is 0 Å². The van der Waals surface area contributed by atoms with Crippen molar-refractivity contribution in [3.05, 3.63) is 41.7 Å². The summed E-state index contributed by atoms with van der Waals surface area (Å²) < 4.78 is 0. The van der Waals surface area contributed by atoms with Crippen molar-refractivity contribution in [3.63, 3.8) is 0 Å². The Morgan fingerprint density at radius 2 is 2.13 bits per heavy atom. The van der Waals surface area contributed by atoms with Crippen LogP contribution in [0.4, 0.5) is 0 Å². The smallest absolute Gasteiger partial charge is 0.155 e. The average Bonchev–Trinajstić information content (AvgIpc) is 2.44. The third kappa shape index (κ3) is 3.01. The summed E-state index contributed by atoms with van der Waals surface area (Å²) in [6.07, 6.45) is 10.3. The lowest BCUT2D eigenvalue weighted by molar-refractivity contribution is -0.114. The van der Waals surface area contributed by atoms with E-state index in [0.29, 0.717) is 0 Å². The third-order valence-electron chi connectivity index (χ3n) is 2.69. The molecule has 1 aromatic rings. The molecule has 0 spiro atoms. The fourth-order valence-electron chi connectivity index (χ4n) is 1.93. The lowest BCUT2D eigenvalue weighted by Crippen LogP contribution is -1.94. The van der Waals surface area contributed by atoms with Gasteiger partial charge in [-0.3, -0.25) is 9.78 Å². The maximum absolute atomic E-state index is 11.4. The molecule has 0 saturated heterocycles. The largest absolute Gasteiger partial charge is 0.295 e. The van der Waals surface area contributed by atoms with Gasteiger partial charge in [0.25, 0.3) is 0 Å². The number of ketones is 1. The first-order chi connectivity index (χ1) is 7.34. The van der Waals surface area contributed by atoms with Crippen LogP contribution in [0.25, 0.3) is 0 Å². The molecule has 0 amide bonds. The molecular weight excluding hydrogens is 186 g/mol. The second-order valence-electron chi connectivity index (χ2n) is 4.01. The van der Waals surface area contributed by atoms with Crippen LogP contribution in [-0.2, 0) is 11.2 Å². The monoisotopic (exact) mass is 201 g/mol. The SMILES string of the molecule is O=C1C=C(Cc2cccnc2)CCCC1. The van der Waals surface area contributed by atoms with Gasteiger partial charge in [0, 0.05) is 18.8 Å². The fourth-order valence-corrected chi connectivity index (χ4v) is 1.93. The van der Waals surface area contributed by atoms with E-state index in [0.717, 1.165) is 32.1 Å². The van der Waals surface area contributed by atoms with Crippen molar-refractivity contribution < 1.29 is 4.79 Å². The first-order valence-corrected chi connectivity index (χ1v) is 5.46. The van der Waals surface area contributed by atoms with E-state index in [1.165, 1.54) is 11.1 Å². The Hall–Kier alpha value is -1.44. The molecule has 0 atom stereocenters. The minimum atomic E-state index is 0.284. The van der Waals surface area contributed by atoms with Crippen LogP contribution in [0.5, 0.6) is 0 Å². The normalized spacial score (nSPS) is 17.1. The van der Waals surface area contributed by atoms with Crippen molar-refractivity contribution >= 4 is 5.78 Å². The highest BCUT2D eigenvalue weighted by atomic mass is 16.1. The van der Waals surface area contributed by atoms with Gasteiger partial charge in [-0.1, -0.05) is 11.6 Å². The summed E-state index contributed by atoms with van der Waals surface area (Å²) in [6, 6.07) is 4.00. The summed E-state index contributed by atoms with van der Waals surface area (Å²) in [5.41, 5.74) is 2.45. The predicted molar refractivity (Wildman–Crippen MR) is 59.5 cm³/mol. The zero-order valence-electron chi connectivity index (χ0n) is 8.78. The molecular formula is C13H15NO. The molecule has 0 saturated carbocycles. The number of aromatic nitrogens is 1. The number of nitrogens with zero attached hydrogens (tertiary/aromatic N) is 1. The maximum Gasteiger partial charge on any atom is 0.155 e. The number of carbonyl (C=O) groups is 1. The Balaban J connectivity index is 2.08. The Morgan fingerprint density at radius 1 is 1.27 bits per heavy atom. The Morgan fingerprint density at radius 3 is 2.93 bits per heavy atom. The number of pyridine rings is 1. The Bertz CT molecular complexity index is 367. The van der Waals surface area contributed by atoms with Gasteiger partial charge in [0.1, 0.15) is 0 Å². The zero-order valence-corrected chi connectivity index (χ0v) is 8.78.